The van der Waals surface area contributed by atoms with Gasteiger partial charge in [-0.3, -0.25) is 9.59 Å². The van der Waals surface area contributed by atoms with Gasteiger partial charge in [0, 0.05) is 12.0 Å². The highest BCUT2D eigenvalue weighted by Gasteiger charge is 2.85. The number of nitrogens with zero attached hydrogens (tertiary/aromatic N) is 1. The van der Waals surface area contributed by atoms with Gasteiger partial charge >= 0.3 is 5.97 Å². The molecule has 2 aromatic rings. The minimum absolute atomic E-state index is 0.351. The average Bonchev–Trinajstić information content (AvgIpc) is 3.29. The maximum atomic E-state index is 13.2. The molecule has 0 bridgehead atoms. The van der Waals surface area contributed by atoms with Gasteiger partial charge in [-0.1, -0.05) is 54.1 Å². The summed E-state index contributed by atoms with van der Waals surface area (Å²) in [5.74, 6) is -1.50. The van der Waals surface area contributed by atoms with E-state index in [9.17, 15) is 19.5 Å². The van der Waals surface area contributed by atoms with Gasteiger partial charge in [0.05, 0.1) is 9.77 Å². The van der Waals surface area contributed by atoms with Gasteiger partial charge < -0.3 is 20.1 Å². The van der Waals surface area contributed by atoms with Crippen molar-refractivity contribution < 1.29 is 24.2 Å². The number of hydrogen-bond acceptors (Lipinski definition) is 5. The zero-order valence-electron chi connectivity index (χ0n) is 16.4. The molecule has 1 aliphatic carbocycles. The Kier molecular flexibility index (Phi) is 4.50. The fourth-order valence-electron chi connectivity index (χ4n) is 4.51. The number of carboxylic acid groups (broad SMARTS) is 1. The molecule has 2 aliphatic heterocycles. The fraction of sp³-hybridized carbons (Fsp3) is 0.318. The molecule has 1 saturated carbocycles. The van der Waals surface area contributed by atoms with Crippen LogP contribution in [0.3, 0.4) is 0 Å². The van der Waals surface area contributed by atoms with Gasteiger partial charge in [-0.05, 0) is 19.1 Å². The Balaban J connectivity index is 1.37. The average molecular weight is 459 g/mol. The predicted octanol–water partition coefficient (Wildman–Crippen LogP) is 2.85. The first-order valence-corrected chi connectivity index (χ1v) is 11.1. The van der Waals surface area contributed by atoms with E-state index in [1.165, 1.54) is 16.7 Å². The Morgan fingerprint density at radius 2 is 1.90 bits per heavy atom. The molecule has 160 valence electrons. The summed E-state index contributed by atoms with van der Waals surface area (Å²) in [6.45, 7) is 1.85. The van der Waals surface area contributed by atoms with Crippen LogP contribution >= 0.6 is 23.4 Å². The Bertz CT molecular complexity index is 1100. The van der Waals surface area contributed by atoms with Crippen LogP contribution in [0.2, 0.25) is 5.02 Å². The first kappa shape index (κ1) is 20.2. The van der Waals surface area contributed by atoms with E-state index in [0.29, 0.717) is 22.8 Å². The molecule has 3 aliphatic rings. The van der Waals surface area contributed by atoms with Gasteiger partial charge in [-0.2, -0.15) is 0 Å². The first-order chi connectivity index (χ1) is 14.8. The van der Waals surface area contributed by atoms with E-state index in [2.05, 4.69) is 5.32 Å². The highest BCUT2D eigenvalue weighted by molar-refractivity contribution is 8.02. The molecule has 0 spiro atoms. The standard InChI is InChI=1S/C22H19ClN2O5S/c1-21-11-22(21,20(28)29)25-18(27)15(19(25)31-21)24-17(26)16(12-7-3-2-4-8-12)30-14-10-6-5-9-13(14)23/h2-10,15-16,19H,11H2,1H3,(H,24,26)(H,28,29)/t15?,16?,19-,21?,22?/m0/s1. The van der Waals surface area contributed by atoms with E-state index >= 15 is 0 Å². The minimum atomic E-state index is -1.16. The van der Waals surface area contributed by atoms with Crippen molar-refractivity contribution in [1.29, 1.82) is 0 Å². The van der Waals surface area contributed by atoms with E-state index in [-0.39, 0.29) is 5.91 Å². The lowest BCUT2D eigenvalue weighted by atomic mass is 10.00. The topological polar surface area (TPSA) is 95.9 Å². The quantitative estimate of drug-likeness (QED) is 0.646. The lowest BCUT2D eigenvalue weighted by molar-refractivity contribution is -0.163. The smallest absolute Gasteiger partial charge is 0.331 e. The lowest BCUT2D eigenvalue weighted by Crippen LogP contribution is -2.72. The molecule has 9 heteroatoms. The van der Waals surface area contributed by atoms with Crippen molar-refractivity contribution in [2.24, 2.45) is 0 Å². The van der Waals surface area contributed by atoms with Gasteiger partial charge in [-0.25, -0.2) is 4.79 Å². The number of β-lactam (4-membered cyclic amide) rings is 1. The Morgan fingerprint density at radius 3 is 2.58 bits per heavy atom. The number of amides is 2. The molecular formula is C22H19ClN2O5S. The van der Waals surface area contributed by atoms with Crippen molar-refractivity contribution in [2.45, 2.75) is 41.2 Å². The maximum absolute atomic E-state index is 13.2. The SMILES string of the molecule is CC12CC1(C(=O)O)N1C(=O)C(NC(=O)C(Oc3ccccc3Cl)c3ccccc3)[C@@H]1S2. The molecule has 3 fully saturated rings. The zero-order valence-corrected chi connectivity index (χ0v) is 18.0. The number of fused-ring (bicyclic) bond motifs is 3. The van der Waals surface area contributed by atoms with E-state index in [0.717, 1.165) is 0 Å². The molecule has 2 saturated heterocycles. The van der Waals surface area contributed by atoms with E-state index < -0.39 is 39.7 Å². The molecule has 4 unspecified atom stereocenters. The first-order valence-electron chi connectivity index (χ1n) is 9.79. The number of aliphatic carboxylic acids is 1. The molecule has 2 N–H and O–H groups in total. The normalized spacial score (nSPS) is 31.2. The third-order valence-electron chi connectivity index (χ3n) is 6.25. The Labute approximate surface area is 187 Å². The molecule has 2 amide bonds. The molecule has 0 aromatic heterocycles. The number of hydrogen-bond donors (Lipinski definition) is 2. The number of ether oxygens (including phenoxy) is 1. The molecular weight excluding hydrogens is 440 g/mol. The summed E-state index contributed by atoms with van der Waals surface area (Å²) in [4.78, 5) is 39.3. The number of benzene rings is 2. The number of rotatable bonds is 6. The van der Waals surface area contributed by atoms with E-state index in [4.69, 9.17) is 16.3 Å². The number of halogens is 1. The fourth-order valence-corrected chi connectivity index (χ4v) is 6.61. The van der Waals surface area contributed by atoms with Gasteiger partial charge in [0.2, 0.25) is 12.0 Å². The second-order valence-corrected chi connectivity index (χ2v) is 10.1. The summed E-state index contributed by atoms with van der Waals surface area (Å²) in [6, 6.07) is 15.0. The van der Waals surface area contributed by atoms with Crippen LogP contribution in [0.25, 0.3) is 0 Å². The highest BCUT2D eigenvalue weighted by atomic mass is 35.5. The van der Waals surface area contributed by atoms with Crippen LogP contribution in [0.4, 0.5) is 0 Å². The molecule has 0 radical (unpaired) electrons. The highest BCUT2D eigenvalue weighted by Crippen LogP contribution is 2.71. The van der Waals surface area contributed by atoms with Gasteiger partial charge in [0.15, 0.2) is 5.54 Å². The second kappa shape index (κ2) is 6.90. The zero-order chi connectivity index (χ0) is 22.0. The Hall–Kier alpha value is -2.71. The molecule has 2 heterocycles. The number of nitrogens with one attached hydrogen (secondary N) is 1. The van der Waals surface area contributed by atoms with Crippen LogP contribution in [0, 0.1) is 0 Å². The van der Waals surface area contributed by atoms with Crippen molar-refractivity contribution >= 4 is 41.1 Å². The number of carbonyl (C=O) groups excluding carboxylic acids is 2. The third-order valence-corrected chi connectivity index (χ3v) is 8.29. The van der Waals surface area contributed by atoms with Crippen molar-refractivity contribution in [2.75, 3.05) is 0 Å². The second-order valence-electron chi connectivity index (χ2n) is 8.11. The predicted molar refractivity (Wildman–Crippen MR) is 115 cm³/mol. The lowest BCUT2D eigenvalue weighted by Gasteiger charge is -2.46. The van der Waals surface area contributed by atoms with Crippen molar-refractivity contribution in [3.63, 3.8) is 0 Å². The van der Waals surface area contributed by atoms with Crippen LogP contribution in [-0.4, -0.2) is 49.5 Å². The summed E-state index contributed by atoms with van der Waals surface area (Å²) in [6.07, 6.45) is -0.599. The number of para-hydroxylation sites is 1. The molecule has 2 aromatic carbocycles. The number of carbonyl (C=O) groups is 3. The summed E-state index contributed by atoms with van der Waals surface area (Å²) in [5.41, 5.74) is -0.549. The van der Waals surface area contributed by atoms with Crippen molar-refractivity contribution in [3.8, 4) is 5.75 Å². The van der Waals surface area contributed by atoms with Crippen molar-refractivity contribution in [3.05, 3.63) is 65.2 Å². The van der Waals surface area contributed by atoms with E-state index in [1.807, 2.05) is 13.0 Å². The minimum Gasteiger partial charge on any atom is -0.479 e. The van der Waals surface area contributed by atoms with Crippen LogP contribution in [-0.2, 0) is 14.4 Å². The molecule has 7 nitrogen and oxygen atoms in total. The summed E-state index contributed by atoms with van der Waals surface area (Å²) >= 11 is 7.64. The number of carboxylic acids is 1. The summed E-state index contributed by atoms with van der Waals surface area (Å²) < 4.78 is 5.42. The molecule has 31 heavy (non-hydrogen) atoms. The summed E-state index contributed by atoms with van der Waals surface area (Å²) in [7, 11) is 0. The molecule has 5 rings (SSSR count). The van der Waals surface area contributed by atoms with Crippen LogP contribution in [0.1, 0.15) is 25.0 Å². The molecule has 5 atom stereocenters. The van der Waals surface area contributed by atoms with Crippen molar-refractivity contribution in [1.82, 2.24) is 10.2 Å². The summed E-state index contributed by atoms with van der Waals surface area (Å²) in [5, 5.41) is 12.4. The van der Waals surface area contributed by atoms with Crippen LogP contribution in [0.15, 0.2) is 54.6 Å². The number of thioether (sulfide) groups is 1. The van der Waals surface area contributed by atoms with Crippen LogP contribution in [0.5, 0.6) is 5.75 Å². The monoisotopic (exact) mass is 458 g/mol. The maximum Gasteiger partial charge on any atom is 0.331 e. The van der Waals surface area contributed by atoms with Crippen LogP contribution < -0.4 is 10.1 Å². The largest absolute Gasteiger partial charge is 0.479 e. The Morgan fingerprint density at radius 1 is 1.23 bits per heavy atom. The van der Waals surface area contributed by atoms with E-state index in [1.54, 1.807) is 48.5 Å². The van der Waals surface area contributed by atoms with Gasteiger partial charge in [0.1, 0.15) is 17.2 Å². The van der Waals surface area contributed by atoms with Gasteiger partial charge in [0.25, 0.3) is 5.91 Å². The van der Waals surface area contributed by atoms with Gasteiger partial charge in [-0.15, -0.1) is 11.8 Å². The third kappa shape index (κ3) is 2.85.